The molecule has 0 saturated carbocycles. The molecule has 0 aliphatic carbocycles. The summed E-state index contributed by atoms with van der Waals surface area (Å²) in [5.41, 5.74) is 13.9. The molecule has 4 bridgehead atoms. The zero-order chi connectivity index (χ0) is 40.2. The van der Waals surface area contributed by atoms with Gasteiger partial charge in [-0.15, -0.1) is 0 Å². The van der Waals surface area contributed by atoms with Crippen molar-refractivity contribution in [2.75, 3.05) is 57.2 Å². The fourth-order valence-corrected chi connectivity index (χ4v) is 8.33. The van der Waals surface area contributed by atoms with Gasteiger partial charge in [-0.05, 0) is 100 Å². The zero-order valence-corrected chi connectivity index (χ0v) is 33.8. The van der Waals surface area contributed by atoms with Gasteiger partial charge in [-0.3, -0.25) is 24.8 Å². The molecule has 4 aliphatic heterocycles. The maximum atomic E-state index is 13.3. The van der Waals surface area contributed by atoms with Crippen molar-refractivity contribution in [1.29, 1.82) is 0 Å². The molecule has 2 saturated heterocycles. The first kappa shape index (κ1) is 38.8. The number of carbonyl (C=O) groups is 1. The van der Waals surface area contributed by atoms with Gasteiger partial charge in [0.05, 0.1) is 56.4 Å². The molecule has 2 fully saturated rings. The first-order valence-corrected chi connectivity index (χ1v) is 20.1. The highest BCUT2D eigenvalue weighted by molar-refractivity contribution is 6.34. The molecule has 15 heteroatoms. The molecule has 6 aromatic rings. The van der Waals surface area contributed by atoms with E-state index >= 15 is 0 Å². The number of fused-ring (bicyclic) bond motifs is 8. The van der Waals surface area contributed by atoms with Crippen molar-refractivity contribution >= 4 is 63.6 Å². The van der Waals surface area contributed by atoms with E-state index in [1.165, 1.54) is 12.8 Å². The number of urea groups is 1. The van der Waals surface area contributed by atoms with Crippen LogP contribution in [0.25, 0.3) is 22.5 Å². The van der Waals surface area contributed by atoms with E-state index in [-0.39, 0.29) is 12.1 Å². The molecule has 0 radical (unpaired) electrons. The summed E-state index contributed by atoms with van der Waals surface area (Å²) in [6.45, 7) is 7.77. The van der Waals surface area contributed by atoms with Gasteiger partial charge in [0.25, 0.3) is 0 Å². The highest BCUT2D eigenvalue weighted by Crippen LogP contribution is 2.43. The normalized spacial score (nSPS) is 17.3. The van der Waals surface area contributed by atoms with E-state index in [2.05, 4.69) is 40.4 Å². The Morgan fingerprint density at radius 1 is 0.776 bits per heavy atom. The third-order valence-electron chi connectivity index (χ3n) is 10.5. The van der Waals surface area contributed by atoms with Crippen LogP contribution in [0.4, 0.5) is 39.2 Å². The summed E-state index contributed by atoms with van der Waals surface area (Å²) in [5, 5.41) is 7.78. The quantitative estimate of drug-likeness (QED) is 0.157. The Labute approximate surface area is 347 Å². The van der Waals surface area contributed by atoms with E-state index in [0.717, 1.165) is 84.4 Å². The first-order valence-electron chi connectivity index (χ1n) is 19.4. The molecular weight excluding hydrogens is 771 g/mol. The van der Waals surface area contributed by atoms with Gasteiger partial charge in [0.15, 0.2) is 11.6 Å². The minimum Gasteiger partial charge on any atom is -0.397 e. The molecule has 296 valence electrons. The predicted octanol–water partition coefficient (Wildman–Crippen LogP) is 8.68. The molecular formula is C43H44Cl2N12O. The largest absolute Gasteiger partial charge is 0.397 e. The number of amides is 2. The van der Waals surface area contributed by atoms with Crippen LogP contribution >= 0.6 is 23.2 Å². The maximum absolute atomic E-state index is 13.3. The summed E-state index contributed by atoms with van der Waals surface area (Å²) in [6.07, 6.45) is 14.5. The number of halogens is 2. The Morgan fingerprint density at radius 2 is 1.41 bits per heavy atom. The molecule has 58 heavy (non-hydrogen) atoms. The Morgan fingerprint density at radius 3 is 2.03 bits per heavy atom. The van der Waals surface area contributed by atoms with Gasteiger partial charge in [0.1, 0.15) is 0 Å². The predicted molar refractivity (Wildman–Crippen MR) is 233 cm³/mol. The van der Waals surface area contributed by atoms with Gasteiger partial charge in [-0.25, -0.2) is 14.8 Å². The number of nitrogens with one attached hydrogen (secondary N) is 2. The van der Waals surface area contributed by atoms with E-state index in [1.807, 2.05) is 56.3 Å². The van der Waals surface area contributed by atoms with Crippen LogP contribution in [0.15, 0.2) is 97.8 Å². The summed E-state index contributed by atoms with van der Waals surface area (Å²) in [7, 11) is 0. The minimum absolute atomic E-state index is 0.0589. The topological polar surface area (TPSA) is 154 Å². The summed E-state index contributed by atoms with van der Waals surface area (Å²) in [6, 6.07) is 19.4. The monoisotopic (exact) mass is 814 g/mol. The van der Waals surface area contributed by atoms with Crippen molar-refractivity contribution in [3.05, 3.63) is 119 Å². The molecule has 0 aromatic carbocycles. The standard InChI is InChI=1S/C22H21ClN6O.C16H17ClN4.C5H6N2/c1-14-10-15(6-8-25-14)20-18(23)11-19-21(27-20)29(17-5-3-9-28(19)13-17)22(30)26-16-4-2-7-24-12-16;1-10-7-11(4-5-18-10)15-13(17)8-14-16(20-15)19-12-3-2-6-21(14)9-12;6-5-2-1-3-7-4-5/h2,4,6-8,10-12,17H,3,5,9,13H2,1H3,(H,26,30);4-5,7-8,12H,2-3,6,9H2,1H3,(H,19,20);1-4H,6H2/t17-;12-;/m00./s1. The zero-order valence-electron chi connectivity index (χ0n) is 32.3. The molecule has 13 nitrogen and oxygen atoms in total. The highest BCUT2D eigenvalue weighted by atomic mass is 35.5. The van der Waals surface area contributed by atoms with E-state index in [4.69, 9.17) is 38.9 Å². The number of hydrogen-bond acceptors (Lipinski definition) is 11. The molecule has 10 heterocycles. The molecule has 2 atom stereocenters. The van der Waals surface area contributed by atoms with Crippen molar-refractivity contribution in [2.24, 2.45) is 0 Å². The van der Waals surface area contributed by atoms with Crippen molar-refractivity contribution in [1.82, 2.24) is 29.9 Å². The second kappa shape index (κ2) is 17.2. The average molecular weight is 816 g/mol. The number of hydrogen-bond donors (Lipinski definition) is 3. The lowest BCUT2D eigenvalue weighted by Gasteiger charge is -2.46. The maximum Gasteiger partial charge on any atom is 0.327 e. The lowest BCUT2D eigenvalue weighted by Crippen LogP contribution is -2.56. The van der Waals surface area contributed by atoms with Crippen LogP contribution in [0.3, 0.4) is 0 Å². The van der Waals surface area contributed by atoms with Crippen LogP contribution in [0.2, 0.25) is 10.0 Å². The Hall–Kier alpha value is -6.05. The number of nitrogens with two attached hydrogens (primary N) is 1. The second-order valence-corrected chi connectivity index (χ2v) is 15.5. The molecule has 0 spiro atoms. The summed E-state index contributed by atoms with van der Waals surface area (Å²) >= 11 is 13.1. The molecule has 0 unspecified atom stereocenters. The average Bonchev–Trinajstić information content (AvgIpc) is 3.22. The van der Waals surface area contributed by atoms with E-state index in [0.29, 0.717) is 39.0 Å². The van der Waals surface area contributed by atoms with Crippen LogP contribution in [0.1, 0.15) is 37.1 Å². The van der Waals surface area contributed by atoms with Crippen molar-refractivity contribution < 1.29 is 4.79 Å². The fraction of sp³-hybridized carbons (Fsp3) is 0.279. The van der Waals surface area contributed by atoms with E-state index in [9.17, 15) is 4.79 Å². The second-order valence-electron chi connectivity index (χ2n) is 14.7. The summed E-state index contributed by atoms with van der Waals surface area (Å²) in [5.74, 6) is 1.60. The summed E-state index contributed by atoms with van der Waals surface area (Å²) < 4.78 is 0. The smallest absolute Gasteiger partial charge is 0.327 e. The number of nitrogens with zero attached hydrogens (tertiary/aromatic N) is 9. The van der Waals surface area contributed by atoms with Gasteiger partial charge in [0.2, 0.25) is 0 Å². The first-order chi connectivity index (χ1) is 28.2. The SMILES string of the molecule is Cc1cc(-c2nc3c(cc2Cl)N2CCC[C@@H](C2)N3)ccn1.Cc1cc(-c2nc3c(cc2Cl)N2CCC[C@@H](C2)N3C(=O)Nc2cccnc2)ccn1.Nc1cccnc1. The number of anilines is 6. The lowest BCUT2D eigenvalue weighted by atomic mass is 9.99. The van der Waals surface area contributed by atoms with Crippen molar-refractivity contribution in [3.8, 4) is 22.5 Å². The van der Waals surface area contributed by atoms with E-state index in [1.54, 1.807) is 60.3 Å². The number of aryl methyl sites for hydroxylation is 2. The number of aromatic nitrogens is 6. The highest BCUT2D eigenvalue weighted by Gasteiger charge is 2.39. The third kappa shape index (κ3) is 8.60. The van der Waals surface area contributed by atoms with Gasteiger partial charge >= 0.3 is 6.03 Å². The van der Waals surface area contributed by atoms with E-state index < -0.39 is 0 Å². The molecule has 2 amide bonds. The minimum atomic E-state index is -0.206. The lowest BCUT2D eigenvalue weighted by molar-refractivity contribution is 0.252. The van der Waals surface area contributed by atoms with Gasteiger partial charge < -0.3 is 26.2 Å². The molecule has 4 aliphatic rings. The molecule has 4 N–H and O–H groups in total. The van der Waals surface area contributed by atoms with Crippen LogP contribution in [-0.2, 0) is 0 Å². The number of piperidine rings is 2. The molecule has 6 aromatic heterocycles. The number of pyridine rings is 6. The van der Waals surface area contributed by atoms with Crippen LogP contribution in [-0.4, -0.2) is 74.2 Å². The Balaban J connectivity index is 0.000000144. The fourth-order valence-electron chi connectivity index (χ4n) is 7.82. The number of nitrogen functional groups attached to an aromatic ring is 1. The van der Waals surface area contributed by atoms with Crippen LogP contribution in [0.5, 0.6) is 0 Å². The van der Waals surface area contributed by atoms with Gasteiger partial charge in [-0.2, -0.15) is 0 Å². The van der Waals surface area contributed by atoms with Crippen LogP contribution in [0, 0.1) is 13.8 Å². The van der Waals surface area contributed by atoms with Gasteiger partial charge in [0, 0.05) is 85.7 Å². The van der Waals surface area contributed by atoms with Gasteiger partial charge in [-0.1, -0.05) is 23.2 Å². The number of rotatable bonds is 3. The third-order valence-corrected chi connectivity index (χ3v) is 11.1. The van der Waals surface area contributed by atoms with Crippen molar-refractivity contribution in [2.45, 2.75) is 51.6 Å². The van der Waals surface area contributed by atoms with Crippen LogP contribution < -0.4 is 31.1 Å². The summed E-state index contributed by atoms with van der Waals surface area (Å²) in [4.78, 5) is 45.8. The Bertz CT molecular complexity index is 2400. The Kier molecular flexibility index (Phi) is 11.5. The van der Waals surface area contributed by atoms with Crippen molar-refractivity contribution in [3.63, 3.8) is 0 Å². The number of carbonyl (C=O) groups excluding carboxylic acids is 1. The molecule has 10 rings (SSSR count).